The molecule has 4 rings (SSSR count). The predicted molar refractivity (Wildman–Crippen MR) is 131 cm³/mol. The van der Waals surface area contributed by atoms with Gasteiger partial charge in [0, 0.05) is 36.3 Å². The molecule has 0 aliphatic carbocycles. The summed E-state index contributed by atoms with van der Waals surface area (Å²) in [6.45, 7) is 3.04. The second-order valence-corrected chi connectivity index (χ2v) is 8.34. The van der Waals surface area contributed by atoms with E-state index in [1.165, 1.54) is 37.7 Å². The van der Waals surface area contributed by atoms with Crippen molar-refractivity contribution in [3.63, 3.8) is 0 Å². The maximum absolute atomic E-state index is 13.5. The molecule has 182 valence electrons. The third-order valence-corrected chi connectivity index (χ3v) is 5.52. The summed E-state index contributed by atoms with van der Waals surface area (Å²) in [5.41, 5.74) is 1.53. The molecule has 1 unspecified atom stereocenters. The normalized spacial score (nSPS) is 16.3. The van der Waals surface area contributed by atoms with Crippen LogP contribution in [0.2, 0.25) is 5.02 Å². The fourth-order valence-corrected chi connectivity index (χ4v) is 3.87. The fourth-order valence-electron chi connectivity index (χ4n) is 3.69. The Morgan fingerprint density at radius 3 is 2.91 bits per heavy atom. The molecule has 2 N–H and O–H groups in total. The molecule has 1 fully saturated rings. The highest BCUT2D eigenvalue weighted by molar-refractivity contribution is 6.31. The molecule has 35 heavy (non-hydrogen) atoms. The van der Waals surface area contributed by atoms with Crippen LogP contribution in [0.3, 0.4) is 0 Å². The predicted octanol–water partition coefficient (Wildman–Crippen LogP) is 3.92. The van der Waals surface area contributed by atoms with E-state index in [-0.39, 0.29) is 29.5 Å². The maximum atomic E-state index is 13.5. The van der Waals surface area contributed by atoms with Gasteiger partial charge in [-0.1, -0.05) is 17.7 Å². The van der Waals surface area contributed by atoms with Crippen LogP contribution in [0.15, 0.2) is 48.8 Å². The average molecular weight is 500 g/mol. The lowest BCUT2D eigenvalue weighted by Crippen LogP contribution is -2.44. The summed E-state index contributed by atoms with van der Waals surface area (Å²) in [5.74, 6) is -0.315. The number of hydrogen-bond donors (Lipinski definition) is 2. The van der Waals surface area contributed by atoms with E-state index >= 15 is 0 Å². The standard InChI is InChI=1S/C24H23ClFN5O4/c1-14-11-31(12-23(33)35-14)7-3-4-22(32)30-20-9-16-19(10-21(20)34-2)27-13-28-24(16)29-15-5-6-18(26)17(25)8-15/h3-6,8-10,13-14H,7,11-12H2,1-2H3,(H,30,32)(H,27,28,29). The Bertz CT molecular complexity index is 1300. The Morgan fingerprint density at radius 2 is 2.17 bits per heavy atom. The minimum atomic E-state index is -0.526. The Hall–Kier alpha value is -3.76. The minimum absolute atomic E-state index is 0.0225. The van der Waals surface area contributed by atoms with E-state index in [1.807, 2.05) is 11.8 Å². The number of anilines is 3. The van der Waals surface area contributed by atoms with E-state index in [1.54, 1.807) is 18.2 Å². The molecular formula is C24H23ClFN5O4. The first-order chi connectivity index (χ1) is 16.8. The Morgan fingerprint density at radius 1 is 1.34 bits per heavy atom. The SMILES string of the molecule is COc1cc2ncnc(Nc3ccc(F)c(Cl)c3)c2cc1NC(=O)C=CCN1CC(=O)OC(C)C1. The van der Waals surface area contributed by atoms with Crippen molar-refractivity contribution in [3.8, 4) is 5.75 Å². The third kappa shape index (κ3) is 6.03. The van der Waals surface area contributed by atoms with Crippen molar-refractivity contribution in [1.29, 1.82) is 0 Å². The summed E-state index contributed by atoms with van der Waals surface area (Å²) in [6, 6.07) is 7.61. The van der Waals surface area contributed by atoms with E-state index in [0.29, 0.717) is 46.9 Å². The van der Waals surface area contributed by atoms with Crippen LogP contribution in [-0.2, 0) is 14.3 Å². The topological polar surface area (TPSA) is 106 Å². The summed E-state index contributed by atoms with van der Waals surface area (Å²) in [7, 11) is 1.49. The maximum Gasteiger partial charge on any atom is 0.320 e. The van der Waals surface area contributed by atoms with Crippen molar-refractivity contribution >= 4 is 51.6 Å². The number of carbonyl (C=O) groups excluding carboxylic acids is 2. The molecule has 1 aliphatic rings. The summed E-state index contributed by atoms with van der Waals surface area (Å²) < 4.78 is 24.0. The lowest BCUT2D eigenvalue weighted by Gasteiger charge is -2.29. The minimum Gasteiger partial charge on any atom is -0.494 e. The molecular weight excluding hydrogens is 477 g/mol. The quantitative estimate of drug-likeness (QED) is 0.372. The molecule has 2 heterocycles. The second-order valence-electron chi connectivity index (χ2n) is 7.93. The first kappa shape index (κ1) is 24.4. The number of nitrogens with one attached hydrogen (secondary N) is 2. The van der Waals surface area contributed by atoms with Crippen LogP contribution in [-0.4, -0.2) is 59.6 Å². The number of nitrogens with zero attached hydrogens (tertiary/aromatic N) is 3. The van der Waals surface area contributed by atoms with Crippen LogP contribution in [0.4, 0.5) is 21.6 Å². The van der Waals surface area contributed by atoms with Crippen molar-refractivity contribution in [3.05, 3.63) is 59.7 Å². The zero-order valence-electron chi connectivity index (χ0n) is 19.0. The van der Waals surface area contributed by atoms with Gasteiger partial charge >= 0.3 is 5.97 Å². The van der Waals surface area contributed by atoms with E-state index in [0.717, 1.165) is 0 Å². The van der Waals surface area contributed by atoms with Gasteiger partial charge in [0.05, 0.1) is 29.9 Å². The van der Waals surface area contributed by atoms with Gasteiger partial charge in [-0.2, -0.15) is 0 Å². The molecule has 0 saturated carbocycles. The van der Waals surface area contributed by atoms with Crippen molar-refractivity contribution in [1.82, 2.24) is 14.9 Å². The first-order valence-electron chi connectivity index (χ1n) is 10.8. The Balaban J connectivity index is 1.52. The van der Waals surface area contributed by atoms with Gasteiger partial charge in [0.1, 0.15) is 29.8 Å². The molecule has 1 aliphatic heterocycles. The second kappa shape index (κ2) is 10.7. The van der Waals surface area contributed by atoms with Gasteiger partial charge in [0.25, 0.3) is 0 Å². The van der Waals surface area contributed by atoms with Crippen LogP contribution in [0.1, 0.15) is 6.92 Å². The third-order valence-electron chi connectivity index (χ3n) is 5.23. The number of aromatic nitrogens is 2. The molecule has 1 saturated heterocycles. The highest BCUT2D eigenvalue weighted by atomic mass is 35.5. The van der Waals surface area contributed by atoms with Crippen LogP contribution >= 0.6 is 11.6 Å². The van der Waals surface area contributed by atoms with Gasteiger partial charge in [-0.05, 0) is 31.2 Å². The largest absolute Gasteiger partial charge is 0.494 e. The van der Waals surface area contributed by atoms with Crippen molar-refractivity contribution < 1.29 is 23.5 Å². The zero-order chi connectivity index (χ0) is 24.9. The summed E-state index contributed by atoms with van der Waals surface area (Å²) >= 11 is 5.88. The lowest BCUT2D eigenvalue weighted by molar-refractivity contribution is -0.156. The number of amides is 1. The molecule has 0 spiro atoms. The number of benzene rings is 2. The van der Waals surface area contributed by atoms with Crippen LogP contribution < -0.4 is 15.4 Å². The fraction of sp³-hybridized carbons (Fsp3) is 0.250. The van der Waals surface area contributed by atoms with Gasteiger partial charge in [0.15, 0.2) is 0 Å². The van der Waals surface area contributed by atoms with Gasteiger partial charge in [-0.15, -0.1) is 0 Å². The number of morpholine rings is 1. The van der Waals surface area contributed by atoms with E-state index in [4.69, 9.17) is 21.1 Å². The zero-order valence-corrected chi connectivity index (χ0v) is 19.8. The number of rotatable bonds is 7. The smallest absolute Gasteiger partial charge is 0.320 e. The van der Waals surface area contributed by atoms with Gasteiger partial charge < -0.3 is 20.1 Å². The van der Waals surface area contributed by atoms with E-state index < -0.39 is 5.82 Å². The van der Waals surface area contributed by atoms with Gasteiger partial charge in [0.2, 0.25) is 5.91 Å². The Labute approximate surface area is 205 Å². The highest BCUT2D eigenvalue weighted by Gasteiger charge is 2.22. The molecule has 1 atom stereocenters. The van der Waals surface area contributed by atoms with Crippen molar-refractivity contribution in [2.75, 3.05) is 37.4 Å². The molecule has 0 bridgehead atoms. The van der Waals surface area contributed by atoms with Gasteiger partial charge in [-0.3, -0.25) is 14.5 Å². The summed E-state index contributed by atoms with van der Waals surface area (Å²) in [6.07, 6.45) is 4.28. The molecule has 1 aromatic heterocycles. The van der Waals surface area contributed by atoms with E-state index in [2.05, 4.69) is 20.6 Å². The first-order valence-corrected chi connectivity index (χ1v) is 11.1. The van der Waals surface area contributed by atoms with Crippen LogP contribution in [0.5, 0.6) is 5.75 Å². The molecule has 2 aromatic carbocycles. The number of cyclic esters (lactones) is 1. The number of ether oxygens (including phenoxy) is 2. The van der Waals surface area contributed by atoms with Crippen LogP contribution in [0.25, 0.3) is 10.9 Å². The van der Waals surface area contributed by atoms with Gasteiger partial charge in [-0.25, -0.2) is 14.4 Å². The summed E-state index contributed by atoms with van der Waals surface area (Å²) in [4.78, 5) is 34.6. The van der Waals surface area contributed by atoms with E-state index in [9.17, 15) is 14.0 Å². The van der Waals surface area contributed by atoms with Crippen LogP contribution in [0, 0.1) is 5.82 Å². The monoisotopic (exact) mass is 499 g/mol. The molecule has 9 nitrogen and oxygen atoms in total. The van der Waals surface area contributed by atoms with Crippen molar-refractivity contribution in [2.45, 2.75) is 13.0 Å². The number of methoxy groups -OCH3 is 1. The average Bonchev–Trinajstić information content (AvgIpc) is 2.81. The number of hydrogen-bond acceptors (Lipinski definition) is 8. The summed E-state index contributed by atoms with van der Waals surface area (Å²) in [5, 5.41) is 6.48. The number of fused-ring (bicyclic) bond motifs is 1. The molecule has 11 heteroatoms. The number of carbonyl (C=O) groups is 2. The van der Waals surface area contributed by atoms with Crippen molar-refractivity contribution in [2.24, 2.45) is 0 Å². The Kier molecular flexibility index (Phi) is 7.42. The molecule has 1 amide bonds. The molecule has 3 aromatic rings. The lowest BCUT2D eigenvalue weighted by atomic mass is 10.1. The molecule has 0 radical (unpaired) electrons. The number of halogens is 2. The highest BCUT2D eigenvalue weighted by Crippen LogP contribution is 2.33. The number of esters is 1.